The topological polar surface area (TPSA) is 12.0 Å². The predicted octanol–water partition coefficient (Wildman–Crippen LogP) is 1.64. The van der Waals surface area contributed by atoms with E-state index >= 15 is 0 Å². The van der Waals surface area contributed by atoms with Gasteiger partial charge in [0.1, 0.15) is 0 Å². The molecule has 10 heavy (non-hydrogen) atoms. The van der Waals surface area contributed by atoms with E-state index < -0.39 is 0 Å². The Bertz CT molecular complexity index is 155. The van der Waals surface area contributed by atoms with Gasteiger partial charge in [-0.15, -0.1) is 0 Å². The van der Waals surface area contributed by atoms with Crippen LogP contribution in [0.4, 0.5) is 0 Å². The lowest BCUT2D eigenvalue weighted by Crippen LogP contribution is -2.23. The molecule has 0 bridgehead atoms. The molecule has 0 saturated heterocycles. The summed E-state index contributed by atoms with van der Waals surface area (Å²) >= 11 is 0. The number of hydrogen-bond acceptors (Lipinski definition) is 1. The van der Waals surface area contributed by atoms with Crippen LogP contribution < -0.4 is 5.32 Å². The average Bonchev–Trinajstić information content (AvgIpc) is 2.71. The first kappa shape index (κ1) is 6.66. The number of hydrogen-bond donors (Lipinski definition) is 1. The van der Waals surface area contributed by atoms with Gasteiger partial charge in [0.15, 0.2) is 0 Å². The van der Waals surface area contributed by atoms with Crippen LogP contribution in [0.1, 0.15) is 26.7 Å². The summed E-state index contributed by atoms with van der Waals surface area (Å²) in [7, 11) is 2.06. The number of nitrogens with one attached hydrogen (secondary N) is 1. The lowest BCUT2D eigenvalue weighted by Gasteiger charge is -2.13. The smallest absolute Gasteiger partial charge is 0.00386 e. The molecule has 58 valence electrons. The third-order valence-corrected chi connectivity index (χ3v) is 3.67. The second-order valence-corrected chi connectivity index (χ2v) is 4.35. The van der Waals surface area contributed by atoms with E-state index in [-0.39, 0.29) is 0 Å². The Balaban J connectivity index is 1.75. The third kappa shape index (κ3) is 0.731. The van der Waals surface area contributed by atoms with Crippen molar-refractivity contribution >= 4 is 0 Å². The van der Waals surface area contributed by atoms with Crippen molar-refractivity contribution in [1.82, 2.24) is 5.32 Å². The average molecular weight is 139 g/mol. The van der Waals surface area contributed by atoms with Crippen LogP contribution in [-0.2, 0) is 0 Å². The molecule has 4 atom stereocenters. The molecule has 1 heteroatoms. The second kappa shape index (κ2) is 1.76. The monoisotopic (exact) mass is 139 g/mol. The zero-order valence-electron chi connectivity index (χ0n) is 7.15. The summed E-state index contributed by atoms with van der Waals surface area (Å²) in [5.41, 5.74) is 0.825. The Labute approximate surface area is 63.2 Å². The van der Waals surface area contributed by atoms with E-state index in [1.807, 2.05) is 0 Å². The van der Waals surface area contributed by atoms with E-state index in [0.29, 0.717) is 0 Å². The van der Waals surface area contributed by atoms with E-state index in [4.69, 9.17) is 0 Å². The lowest BCUT2D eigenvalue weighted by molar-refractivity contribution is 0.420. The first-order chi connectivity index (χ1) is 4.68. The Kier molecular flexibility index (Phi) is 1.17. The zero-order valence-corrected chi connectivity index (χ0v) is 7.15. The molecule has 2 unspecified atom stereocenters. The molecule has 1 N–H and O–H groups in total. The predicted molar refractivity (Wildman–Crippen MR) is 42.8 cm³/mol. The largest absolute Gasteiger partial charge is 0.317 e. The van der Waals surface area contributed by atoms with Crippen molar-refractivity contribution in [3.8, 4) is 0 Å². The highest BCUT2D eigenvalue weighted by Gasteiger charge is 2.74. The van der Waals surface area contributed by atoms with Crippen LogP contribution in [0.15, 0.2) is 0 Å². The first-order valence-corrected chi connectivity index (χ1v) is 4.36. The molecule has 0 radical (unpaired) electrons. The summed E-state index contributed by atoms with van der Waals surface area (Å²) in [6, 6.07) is 0.731. The van der Waals surface area contributed by atoms with Crippen molar-refractivity contribution in [2.75, 3.05) is 7.05 Å². The first-order valence-electron chi connectivity index (χ1n) is 4.36. The number of fused-ring (bicyclic) bond motifs is 1. The summed E-state index contributed by atoms with van der Waals surface area (Å²) in [6.07, 6.45) is 2.92. The van der Waals surface area contributed by atoms with Crippen molar-refractivity contribution in [1.29, 1.82) is 0 Å². The van der Waals surface area contributed by atoms with E-state index in [1.165, 1.54) is 12.8 Å². The molecule has 2 fully saturated rings. The molecule has 0 aromatic heterocycles. The molecule has 0 aliphatic heterocycles. The molecule has 0 spiro atoms. The van der Waals surface area contributed by atoms with Crippen LogP contribution >= 0.6 is 0 Å². The molecule has 0 aromatic carbocycles. The van der Waals surface area contributed by atoms with Crippen molar-refractivity contribution < 1.29 is 0 Å². The van der Waals surface area contributed by atoms with Gasteiger partial charge in [-0.05, 0) is 44.1 Å². The van der Waals surface area contributed by atoms with Crippen LogP contribution in [0.5, 0.6) is 0 Å². The molecule has 2 rings (SSSR count). The van der Waals surface area contributed by atoms with Crippen molar-refractivity contribution in [2.24, 2.45) is 17.3 Å². The zero-order chi connectivity index (χ0) is 7.35. The fraction of sp³-hybridized carbons (Fsp3) is 1.00. The molecule has 1 nitrogen and oxygen atoms in total. The van der Waals surface area contributed by atoms with Gasteiger partial charge in [-0.25, -0.2) is 0 Å². The minimum atomic E-state index is 0.731. The fourth-order valence-corrected chi connectivity index (χ4v) is 2.24. The van der Waals surface area contributed by atoms with Gasteiger partial charge in [-0.2, -0.15) is 0 Å². The van der Waals surface area contributed by atoms with Gasteiger partial charge < -0.3 is 5.32 Å². The fourth-order valence-electron chi connectivity index (χ4n) is 2.24. The molecular weight excluding hydrogens is 122 g/mol. The standard InChI is InChI=1S/C9H17N/c1-6(10-3)4-7-8-5-9(7,8)2/h6-8,10H,4-5H2,1-3H3/t6?,7?,8-,9+/m1/s1. The van der Waals surface area contributed by atoms with Gasteiger partial charge in [0.25, 0.3) is 0 Å². The number of rotatable bonds is 3. The Morgan fingerprint density at radius 2 is 2.30 bits per heavy atom. The van der Waals surface area contributed by atoms with Gasteiger partial charge in [0.05, 0.1) is 0 Å². The molecule has 0 heterocycles. The Morgan fingerprint density at radius 3 is 2.60 bits per heavy atom. The minimum Gasteiger partial charge on any atom is -0.317 e. The highest BCUT2D eigenvalue weighted by atomic mass is 14.9. The van der Waals surface area contributed by atoms with Gasteiger partial charge in [0, 0.05) is 6.04 Å². The van der Waals surface area contributed by atoms with Crippen LogP contribution in [0.2, 0.25) is 0 Å². The quantitative estimate of drug-likeness (QED) is 0.626. The second-order valence-electron chi connectivity index (χ2n) is 4.35. The van der Waals surface area contributed by atoms with Gasteiger partial charge >= 0.3 is 0 Å². The normalized spacial score (nSPS) is 51.9. The maximum absolute atomic E-state index is 3.29. The van der Waals surface area contributed by atoms with E-state index in [1.54, 1.807) is 0 Å². The SMILES string of the molecule is CNC(C)CC1[C@H]2C[C@@]12C. The van der Waals surface area contributed by atoms with Gasteiger partial charge in [-0.3, -0.25) is 0 Å². The van der Waals surface area contributed by atoms with Crippen molar-refractivity contribution in [2.45, 2.75) is 32.7 Å². The van der Waals surface area contributed by atoms with Crippen LogP contribution in [-0.4, -0.2) is 13.1 Å². The van der Waals surface area contributed by atoms with Crippen molar-refractivity contribution in [3.05, 3.63) is 0 Å². The third-order valence-electron chi connectivity index (χ3n) is 3.67. The molecule has 2 aliphatic rings. The molecule has 2 saturated carbocycles. The highest BCUT2D eigenvalue weighted by Crippen LogP contribution is 2.80. The van der Waals surface area contributed by atoms with Crippen LogP contribution in [0.25, 0.3) is 0 Å². The Morgan fingerprint density at radius 1 is 1.70 bits per heavy atom. The summed E-state index contributed by atoms with van der Waals surface area (Å²) in [4.78, 5) is 0. The van der Waals surface area contributed by atoms with Crippen LogP contribution in [0, 0.1) is 17.3 Å². The van der Waals surface area contributed by atoms with Gasteiger partial charge in [0.2, 0.25) is 0 Å². The van der Waals surface area contributed by atoms with Gasteiger partial charge in [-0.1, -0.05) is 6.92 Å². The summed E-state index contributed by atoms with van der Waals surface area (Å²) in [5.74, 6) is 2.21. The highest BCUT2D eigenvalue weighted by molar-refractivity contribution is 5.23. The summed E-state index contributed by atoms with van der Waals surface area (Å²) < 4.78 is 0. The molecule has 0 aromatic rings. The van der Waals surface area contributed by atoms with Crippen LogP contribution in [0.3, 0.4) is 0 Å². The maximum atomic E-state index is 3.29. The molecular formula is C9H17N. The van der Waals surface area contributed by atoms with E-state index in [9.17, 15) is 0 Å². The lowest BCUT2D eigenvalue weighted by atomic mass is 10.00. The maximum Gasteiger partial charge on any atom is 0.00386 e. The Hall–Kier alpha value is -0.0400. The molecule has 0 amide bonds. The van der Waals surface area contributed by atoms with E-state index in [2.05, 4.69) is 26.2 Å². The van der Waals surface area contributed by atoms with Crippen molar-refractivity contribution in [3.63, 3.8) is 0 Å². The molecule has 2 aliphatic carbocycles. The summed E-state index contributed by atoms with van der Waals surface area (Å²) in [6.45, 7) is 4.71. The van der Waals surface area contributed by atoms with E-state index in [0.717, 1.165) is 23.3 Å². The minimum absolute atomic E-state index is 0.731. The summed E-state index contributed by atoms with van der Waals surface area (Å²) in [5, 5.41) is 3.29.